The topological polar surface area (TPSA) is 84.9 Å². The summed E-state index contributed by atoms with van der Waals surface area (Å²) in [5.41, 5.74) is 1.64. The Morgan fingerprint density at radius 1 is 1.07 bits per heavy atom. The second-order valence-corrected chi connectivity index (χ2v) is 5.97. The van der Waals surface area contributed by atoms with Crippen LogP contribution in [0.4, 0.5) is 11.4 Å². The third-order valence-electron chi connectivity index (χ3n) is 3.99. The molecule has 0 saturated heterocycles. The van der Waals surface area contributed by atoms with Gasteiger partial charge in [-0.25, -0.2) is 4.79 Å². The summed E-state index contributed by atoms with van der Waals surface area (Å²) < 4.78 is 10.1. The molecule has 0 heterocycles. The quantitative estimate of drug-likeness (QED) is 0.706. The second kappa shape index (κ2) is 10.1. The van der Waals surface area contributed by atoms with E-state index in [1.165, 1.54) is 11.8 Å². The molecule has 7 nitrogen and oxygen atoms in total. The van der Waals surface area contributed by atoms with Crippen LogP contribution >= 0.6 is 0 Å². The maximum absolute atomic E-state index is 12.2. The van der Waals surface area contributed by atoms with Crippen LogP contribution in [0.5, 0.6) is 5.75 Å². The van der Waals surface area contributed by atoms with Gasteiger partial charge in [0.2, 0.25) is 11.8 Å². The number of hydrogen-bond donors (Lipinski definition) is 1. The highest BCUT2D eigenvalue weighted by atomic mass is 16.5. The number of rotatable bonds is 8. The molecule has 1 N–H and O–H groups in total. The van der Waals surface area contributed by atoms with Crippen LogP contribution in [-0.2, 0) is 14.3 Å². The molecule has 0 aliphatic carbocycles. The first-order chi connectivity index (χ1) is 13.4. The molecule has 2 aromatic rings. The van der Waals surface area contributed by atoms with E-state index in [4.69, 9.17) is 9.47 Å². The van der Waals surface area contributed by atoms with Gasteiger partial charge in [-0.3, -0.25) is 9.59 Å². The molecular formula is C21H24N2O5. The van der Waals surface area contributed by atoms with Gasteiger partial charge in [0.1, 0.15) is 5.75 Å². The van der Waals surface area contributed by atoms with Gasteiger partial charge in [0.05, 0.1) is 19.3 Å². The van der Waals surface area contributed by atoms with Crippen LogP contribution in [0, 0.1) is 0 Å². The first kappa shape index (κ1) is 21.0. The van der Waals surface area contributed by atoms with Crippen molar-refractivity contribution in [2.24, 2.45) is 0 Å². The van der Waals surface area contributed by atoms with Gasteiger partial charge < -0.3 is 19.7 Å². The second-order valence-electron chi connectivity index (χ2n) is 5.97. The predicted octanol–water partition coefficient (Wildman–Crippen LogP) is 3.25. The molecule has 148 valence electrons. The van der Waals surface area contributed by atoms with E-state index in [1.807, 2.05) is 0 Å². The average molecular weight is 384 g/mol. The Labute approximate surface area is 164 Å². The summed E-state index contributed by atoms with van der Waals surface area (Å²) in [4.78, 5) is 37.5. The van der Waals surface area contributed by atoms with Crippen LogP contribution in [0.15, 0.2) is 48.5 Å². The molecule has 2 amide bonds. The molecule has 2 aromatic carbocycles. The van der Waals surface area contributed by atoms with Crippen molar-refractivity contribution in [2.75, 3.05) is 30.5 Å². The van der Waals surface area contributed by atoms with Crippen molar-refractivity contribution >= 4 is 29.2 Å². The number of hydrogen-bond acceptors (Lipinski definition) is 5. The van der Waals surface area contributed by atoms with Crippen LogP contribution in [-0.4, -0.2) is 38.0 Å². The Morgan fingerprint density at radius 2 is 1.79 bits per heavy atom. The molecular weight excluding hydrogens is 360 g/mol. The van der Waals surface area contributed by atoms with Crippen molar-refractivity contribution in [3.8, 4) is 5.75 Å². The highest BCUT2D eigenvalue weighted by Gasteiger charge is 2.15. The van der Waals surface area contributed by atoms with Gasteiger partial charge in [-0.05, 0) is 43.3 Å². The maximum Gasteiger partial charge on any atom is 0.338 e. The molecule has 0 aromatic heterocycles. The monoisotopic (exact) mass is 384 g/mol. The van der Waals surface area contributed by atoms with E-state index in [1.54, 1.807) is 62.6 Å². The Hall–Kier alpha value is -3.35. The minimum atomic E-state index is -0.416. The summed E-state index contributed by atoms with van der Waals surface area (Å²) in [6.07, 6.45) is 0.121. The van der Waals surface area contributed by atoms with Crippen LogP contribution in [0.2, 0.25) is 0 Å². The van der Waals surface area contributed by atoms with Gasteiger partial charge in [0.25, 0.3) is 0 Å². The van der Waals surface area contributed by atoms with Gasteiger partial charge in [0, 0.05) is 37.3 Å². The van der Waals surface area contributed by atoms with Crippen LogP contribution < -0.4 is 15.0 Å². The predicted molar refractivity (Wildman–Crippen MR) is 107 cm³/mol. The maximum atomic E-state index is 12.2. The number of nitrogens with one attached hydrogen (secondary N) is 1. The van der Waals surface area contributed by atoms with Crippen molar-refractivity contribution in [1.82, 2.24) is 0 Å². The summed E-state index contributed by atoms with van der Waals surface area (Å²) in [5.74, 6) is -0.188. The number of carbonyl (C=O) groups is 3. The fourth-order valence-corrected chi connectivity index (χ4v) is 2.60. The van der Waals surface area contributed by atoms with Gasteiger partial charge in [-0.1, -0.05) is 6.07 Å². The largest absolute Gasteiger partial charge is 0.497 e. The Kier molecular flexibility index (Phi) is 7.56. The van der Waals surface area contributed by atoms with Gasteiger partial charge in [-0.2, -0.15) is 0 Å². The number of esters is 1. The van der Waals surface area contributed by atoms with E-state index in [9.17, 15) is 14.4 Å². The lowest BCUT2D eigenvalue weighted by Gasteiger charge is -2.21. The zero-order chi connectivity index (χ0) is 20.5. The minimum Gasteiger partial charge on any atom is -0.497 e. The first-order valence-corrected chi connectivity index (χ1v) is 8.93. The first-order valence-electron chi connectivity index (χ1n) is 8.93. The van der Waals surface area contributed by atoms with Crippen LogP contribution in [0.3, 0.4) is 0 Å². The molecule has 7 heteroatoms. The van der Waals surface area contributed by atoms with Gasteiger partial charge in [-0.15, -0.1) is 0 Å². The number of benzene rings is 2. The molecule has 0 saturated carbocycles. The fourth-order valence-electron chi connectivity index (χ4n) is 2.60. The standard InChI is InChI=1S/C21H24N2O5/c1-4-28-21(26)16-8-10-18(11-9-16)23(15(2)24)13-12-20(25)22-17-6-5-7-19(14-17)27-3/h5-11,14H,4,12-13H2,1-3H3,(H,22,25). The number of anilines is 2. The van der Waals surface area contributed by atoms with Gasteiger partial charge >= 0.3 is 5.97 Å². The van der Waals surface area contributed by atoms with E-state index in [2.05, 4.69) is 5.32 Å². The van der Waals surface area contributed by atoms with E-state index in [-0.39, 0.29) is 24.8 Å². The molecule has 28 heavy (non-hydrogen) atoms. The van der Waals surface area contributed by atoms with E-state index in [0.717, 1.165) is 0 Å². The lowest BCUT2D eigenvalue weighted by Crippen LogP contribution is -2.32. The van der Waals surface area contributed by atoms with E-state index < -0.39 is 5.97 Å². The van der Waals surface area contributed by atoms with Crippen molar-refractivity contribution in [3.63, 3.8) is 0 Å². The number of carbonyl (C=O) groups excluding carboxylic acids is 3. The summed E-state index contributed by atoms with van der Waals surface area (Å²) >= 11 is 0. The van der Waals surface area contributed by atoms with Crippen LogP contribution in [0.25, 0.3) is 0 Å². The molecule has 0 radical (unpaired) electrons. The smallest absolute Gasteiger partial charge is 0.338 e. The summed E-state index contributed by atoms with van der Waals surface area (Å²) in [6, 6.07) is 13.6. The number of ether oxygens (including phenoxy) is 2. The minimum absolute atomic E-state index is 0.121. The van der Waals surface area contributed by atoms with Gasteiger partial charge in [0.15, 0.2) is 0 Å². The third kappa shape index (κ3) is 5.84. The molecule has 0 spiro atoms. The van der Waals surface area contributed by atoms with E-state index >= 15 is 0 Å². The zero-order valence-electron chi connectivity index (χ0n) is 16.2. The summed E-state index contributed by atoms with van der Waals surface area (Å²) in [5, 5.41) is 2.78. The Balaban J connectivity index is 1.99. The third-order valence-corrected chi connectivity index (χ3v) is 3.99. The molecule has 2 rings (SSSR count). The molecule has 0 fully saturated rings. The zero-order valence-corrected chi connectivity index (χ0v) is 16.2. The summed E-state index contributed by atoms with van der Waals surface area (Å²) in [6.45, 7) is 3.67. The lowest BCUT2D eigenvalue weighted by molar-refractivity contribution is -0.117. The molecule has 0 aliphatic heterocycles. The van der Waals surface area contributed by atoms with Crippen LogP contribution in [0.1, 0.15) is 30.6 Å². The fraction of sp³-hybridized carbons (Fsp3) is 0.286. The normalized spacial score (nSPS) is 10.1. The molecule has 0 unspecified atom stereocenters. The Bertz CT molecular complexity index is 833. The van der Waals surface area contributed by atoms with Crippen molar-refractivity contribution in [2.45, 2.75) is 20.3 Å². The molecule has 0 atom stereocenters. The SMILES string of the molecule is CCOC(=O)c1ccc(N(CCC(=O)Nc2cccc(OC)c2)C(C)=O)cc1. The van der Waals surface area contributed by atoms with Crippen molar-refractivity contribution in [1.29, 1.82) is 0 Å². The summed E-state index contributed by atoms with van der Waals surface area (Å²) in [7, 11) is 1.55. The number of methoxy groups -OCH3 is 1. The molecule has 0 aliphatic rings. The lowest BCUT2D eigenvalue weighted by atomic mass is 10.2. The van der Waals surface area contributed by atoms with E-state index in [0.29, 0.717) is 29.3 Å². The number of nitrogens with zero attached hydrogens (tertiary/aromatic N) is 1. The van der Waals surface area contributed by atoms with Crippen molar-refractivity contribution in [3.05, 3.63) is 54.1 Å². The highest BCUT2D eigenvalue weighted by Crippen LogP contribution is 2.19. The number of amides is 2. The highest BCUT2D eigenvalue weighted by molar-refractivity contribution is 5.95. The molecule has 0 bridgehead atoms. The average Bonchev–Trinajstić information content (AvgIpc) is 2.68. The Morgan fingerprint density at radius 3 is 2.39 bits per heavy atom. The van der Waals surface area contributed by atoms with Crippen molar-refractivity contribution < 1.29 is 23.9 Å².